The maximum absolute atomic E-state index is 5.40. The molecule has 2 unspecified atom stereocenters. The molecule has 0 heterocycles. The highest BCUT2D eigenvalue weighted by atomic mass is 16.5. The average Bonchev–Trinajstić information content (AvgIpc) is 2.78. The predicted octanol–water partition coefficient (Wildman–Crippen LogP) is 2.96. The number of nitrogens with one attached hydrogen (secondary N) is 1. The van der Waals surface area contributed by atoms with Gasteiger partial charge in [0.2, 0.25) is 0 Å². The zero-order chi connectivity index (χ0) is 12.3. The molecule has 0 spiro atoms. The third kappa shape index (κ3) is 3.30. The lowest BCUT2D eigenvalue weighted by molar-refractivity contribution is 0.107. The van der Waals surface area contributed by atoms with Gasteiger partial charge in [-0.3, -0.25) is 0 Å². The van der Waals surface area contributed by atoms with Gasteiger partial charge in [0.25, 0.3) is 0 Å². The molecule has 1 saturated carbocycles. The molecule has 1 N–H and O–H groups in total. The molecule has 2 atom stereocenters. The van der Waals surface area contributed by atoms with Crippen LogP contribution in [0.15, 0.2) is 18.2 Å². The van der Waals surface area contributed by atoms with Crippen LogP contribution < -0.4 is 5.32 Å². The fraction of sp³-hybridized carbons (Fsp3) is 0.600. The molecule has 0 radical (unpaired) electrons. The second kappa shape index (κ2) is 5.65. The Kier molecular flexibility index (Phi) is 4.19. The molecule has 0 amide bonds. The smallest absolute Gasteiger partial charge is 0.0586 e. The van der Waals surface area contributed by atoms with Crippen molar-refractivity contribution in [1.29, 1.82) is 0 Å². The number of aryl methyl sites for hydroxylation is 2. The molecule has 1 aliphatic rings. The van der Waals surface area contributed by atoms with E-state index in [1.54, 1.807) is 0 Å². The molecule has 0 saturated heterocycles. The number of rotatable bonds is 4. The van der Waals surface area contributed by atoms with Crippen LogP contribution in [0.4, 0.5) is 0 Å². The topological polar surface area (TPSA) is 21.3 Å². The molecule has 1 fully saturated rings. The average molecular weight is 233 g/mol. The van der Waals surface area contributed by atoms with Crippen LogP contribution in [0.2, 0.25) is 0 Å². The highest BCUT2D eigenvalue weighted by molar-refractivity contribution is 5.30. The van der Waals surface area contributed by atoms with Crippen molar-refractivity contribution in [3.63, 3.8) is 0 Å². The van der Waals surface area contributed by atoms with E-state index in [-0.39, 0.29) is 0 Å². The first-order valence-corrected chi connectivity index (χ1v) is 6.51. The third-order valence-corrected chi connectivity index (χ3v) is 3.80. The van der Waals surface area contributed by atoms with Gasteiger partial charge in [0.15, 0.2) is 0 Å². The van der Waals surface area contributed by atoms with Crippen LogP contribution in [0, 0.1) is 13.8 Å². The fourth-order valence-corrected chi connectivity index (χ4v) is 2.58. The van der Waals surface area contributed by atoms with Gasteiger partial charge in [-0.15, -0.1) is 0 Å². The lowest BCUT2D eigenvalue weighted by atomic mass is 10.1. The molecule has 2 rings (SSSR count). The summed E-state index contributed by atoms with van der Waals surface area (Å²) in [4.78, 5) is 0. The van der Waals surface area contributed by atoms with Crippen LogP contribution in [-0.4, -0.2) is 19.3 Å². The number of ether oxygens (including phenoxy) is 1. The van der Waals surface area contributed by atoms with E-state index in [1.807, 2.05) is 7.11 Å². The fourth-order valence-electron chi connectivity index (χ4n) is 2.58. The van der Waals surface area contributed by atoms with Crippen LogP contribution in [0.5, 0.6) is 0 Å². The zero-order valence-electron chi connectivity index (χ0n) is 11.1. The number of hydrogen-bond donors (Lipinski definition) is 1. The molecule has 17 heavy (non-hydrogen) atoms. The summed E-state index contributed by atoms with van der Waals surface area (Å²) in [5.74, 6) is 0. The van der Waals surface area contributed by atoms with Crippen molar-refractivity contribution in [2.75, 3.05) is 7.11 Å². The van der Waals surface area contributed by atoms with E-state index in [4.69, 9.17) is 4.74 Å². The minimum absolute atomic E-state index is 0.464. The summed E-state index contributed by atoms with van der Waals surface area (Å²) in [6, 6.07) is 7.29. The van der Waals surface area contributed by atoms with E-state index in [2.05, 4.69) is 37.4 Å². The molecule has 0 aromatic heterocycles. The van der Waals surface area contributed by atoms with Crippen molar-refractivity contribution in [1.82, 2.24) is 5.32 Å². The normalized spacial score (nSPS) is 24.2. The Labute approximate surface area is 104 Å². The van der Waals surface area contributed by atoms with E-state index >= 15 is 0 Å². The molecular formula is C15H23NO. The van der Waals surface area contributed by atoms with E-state index < -0.39 is 0 Å². The second-order valence-corrected chi connectivity index (χ2v) is 5.18. The molecule has 1 aromatic carbocycles. The molecule has 2 heteroatoms. The number of benzene rings is 1. The highest BCUT2D eigenvalue weighted by Crippen LogP contribution is 2.22. The molecule has 94 valence electrons. The van der Waals surface area contributed by atoms with Crippen LogP contribution in [0.3, 0.4) is 0 Å². The summed E-state index contributed by atoms with van der Waals surface area (Å²) in [6.45, 7) is 5.32. The third-order valence-electron chi connectivity index (χ3n) is 3.80. The van der Waals surface area contributed by atoms with Crippen LogP contribution in [-0.2, 0) is 11.3 Å². The van der Waals surface area contributed by atoms with Gasteiger partial charge in [-0.2, -0.15) is 0 Å². The zero-order valence-corrected chi connectivity index (χ0v) is 11.1. The van der Waals surface area contributed by atoms with Gasteiger partial charge >= 0.3 is 0 Å². The molecule has 0 aliphatic heterocycles. The largest absolute Gasteiger partial charge is 0.381 e. The van der Waals surface area contributed by atoms with Crippen molar-refractivity contribution < 1.29 is 4.74 Å². The van der Waals surface area contributed by atoms with E-state index in [9.17, 15) is 0 Å². The number of hydrogen-bond acceptors (Lipinski definition) is 2. The minimum Gasteiger partial charge on any atom is -0.381 e. The molecular weight excluding hydrogens is 210 g/mol. The molecule has 1 aliphatic carbocycles. The first-order chi connectivity index (χ1) is 8.19. The standard InChI is InChI=1S/C15H23NO/c1-11-4-5-12(2)13(8-11)10-16-14-6-7-15(9-14)17-3/h4-5,8,14-16H,6-7,9-10H2,1-3H3. The summed E-state index contributed by atoms with van der Waals surface area (Å²) >= 11 is 0. The van der Waals surface area contributed by atoms with E-state index in [0.717, 1.165) is 13.0 Å². The van der Waals surface area contributed by atoms with Crippen molar-refractivity contribution in [3.05, 3.63) is 34.9 Å². The quantitative estimate of drug-likeness (QED) is 0.863. The molecule has 0 bridgehead atoms. The van der Waals surface area contributed by atoms with Crippen LogP contribution >= 0.6 is 0 Å². The summed E-state index contributed by atoms with van der Waals surface area (Å²) in [5, 5.41) is 3.65. The van der Waals surface area contributed by atoms with Gasteiger partial charge < -0.3 is 10.1 Å². The molecule has 2 nitrogen and oxygen atoms in total. The number of methoxy groups -OCH3 is 1. The highest BCUT2D eigenvalue weighted by Gasteiger charge is 2.23. The second-order valence-electron chi connectivity index (χ2n) is 5.18. The van der Waals surface area contributed by atoms with Gasteiger partial charge in [0.05, 0.1) is 6.10 Å². The van der Waals surface area contributed by atoms with Gasteiger partial charge in [0.1, 0.15) is 0 Å². The van der Waals surface area contributed by atoms with Crippen molar-refractivity contribution in [2.45, 2.75) is 51.8 Å². The monoisotopic (exact) mass is 233 g/mol. The van der Waals surface area contributed by atoms with E-state index in [0.29, 0.717) is 12.1 Å². The van der Waals surface area contributed by atoms with Crippen LogP contribution in [0.1, 0.15) is 36.0 Å². The van der Waals surface area contributed by atoms with E-state index in [1.165, 1.54) is 29.5 Å². The van der Waals surface area contributed by atoms with Gasteiger partial charge in [-0.1, -0.05) is 23.8 Å². The Morgan fingerprint density at radius 3 is 2.82 bits per heavy atom. The summed E-state index contributed by atoms with van der Waals surface area (Å²) in [6.07, 6.45) is 4.05. The Balaban J connectivity index is 1.88. The first kappa shape index (κ1) is 12.6. The van der Waals surface area contributed by atoms with Crippen molar-refractivity contribution >= 4 is 0 Å². The predicted molar refractivity (Wildman–Crippen MR) is 71.2 cm³/mol. The lowest BCUT2D eigenvalue weighted by Crippen LogP contribution is -2.27. The summed E-state index contributed by atoms with van der Waals surface area (Å²) < 4.78 is 5.40. The van der Waals surface area contributed by atoms with Crippen molar-refractivity contribution in [2.24, 2.45) is 0 Å². The lowest BCUT2D eigenvalue weighted by Gasteiger charge is -2.14. The summed E-state index contributed by atoms with van der Waals surface area (Å²) in [7, 11) is 1.82. The molecule has 1 aromatic rings. The Morgan fingerprint density at radius 2 is 2.12 bits per heavy atom. The van der Waals surface area contributed by atoms with Gasteiger partial charge in [-0.25, -0.2) is 0 Å². The minimum atomic E-state index is 0.464. The maximum atomic E-state index is 5.40. The summed E-state index contributed by atoms with van der Waals surface area (Å²) in [5.41, 5.74) is 4.14. The first-order valence-electron chi connectivity index (χ1n) is 6.51. The maximum Gasteiger partial charge on any atom is 0.0586 e. The van der Waals surface area contributed by atoms with Gasteiger partial charge in [-0.05, 0) is 44.2 Å². The van der Waals surface area contributed by atoms with Crippen LogP contribution in [0.25, 0.3) is 0 Å². The SMILES string of the molecule is COC1CCC(NCc2cc(C)ccc2C)C1. The Morgan fingerprint density at radius 1 is 1.29 bits per heavy atom. The van der Waals surface area contributed by atoms with Crippen molar-refractivity contribution in [3.8, 4) is 0 Å². The Hall–Kier alpha value is -0.860. The van der Waals surface area contributed by atoms with Gasteiger partial charge in [0, 0.05) is 19.7 Å². The Bertz CT molecular complexity index is 375.